The van der Waals surface area contributed by atoms with E-state index in [1.165, 1.54) is 11.2 Å². The first kappa shape index (κ1) is 14.4. The van der Waals surface area contributed by atoms with E-state index in [2.05, 4.69) is 15.1 Å². The summed E-state index contributed by atoms with van der Waals surface area (Å²) < 4.78 is 1.59. The van der Waals surface area contributed by atoms with Crippen molar-refractivity contribution in [3.8, 4) is 0 Å². The Bertz CT molecular complexity index is 754. The van der Waals surface area contributed by atoms with Crippen molar-refractivity contribution < 1.29 is 14.7 Å². The standard InChI is InChI=1S/C14H17N5O3/c1-8-10(9(2)19-14(17-8)15-7-16-19)6-12(20)18-5-3-4-11(18)13(21)22/h7,11H,3-6H2,1-2H3,(H,21,22). The lowest BCUT2D eigenvalue weighted by Gasteiger charge is -2.22. The fourth-order valence-corrected chi connectivity index (χ4v) is 2.99. The Morgan fingerprint density at radius 3 is 2.91 bits per heavy atom. The molecule has 0 spiro atoms. The molecule has 3 heterocycles. The predicted octanol–water partition coefficient (Wildman–Crippen LogP) is 0.359. The van der Waals surface area contributed by atoms with E-state index in [1.807, 2.05) is 13.8 Å². The average Bonchev–Trinajstić information content (AvgIpc) is 3.11. The third-order valence-corrected chi connectivity index (χ3v) is 4.17. The van der Waals surface area contributed by atoms with Gasteiger partial charge in [0.05, 0.1) is 6.42 Å². The molecule has 1 fully saturated rings. The Morgan fingerprint density at radius 1 is 1.41 bits per heavy atom. The lowest BCUT2D eigenvalue weighted by Crippen LogP contribution is -2.41. The highest BCUT2D eigenvalue weighted by molar-refractivity contribution is 5.85. The molecule has 1 aliphatic heterocycles. The fourth-order valence-electron chi connectivity index (χ4n) is 2.99. The van der Waals surface area contributed by atoms with Crippen LogP contribution >= 0.6 is 0 Å². The van der Waals surface area contributed by atoms with Crippen molar-refractivity contribution in [3.05, 3.63) is 23.3 Å². The SMILES string of the molecule is Cc1nc2ncnn2c(C)c1CC(=O)N1CCCC1C(=O)O. The highest BCUT2D eigenvalue weighted by Gasteiger charge is 2.34. The van der Waals surface area contributed by atoms with Crippen LogP contribution in [0.1, 0.15) is 29.8 Å². The third-order valence-electron chi connectivity index (χ3n) is 4.17. The van der Waals surface area contributed by atoms with Crippen LogP contribution in [0, 0.1) is 13.8 Å². The van der Waals surface area contributed by atoms with Gasteiger partial charge in [-0.15, -0.1) is 0 Å². The molecule has 22 heavy (non-hydrogen) atoms. The van der Waals surface area contributed by atoms with Crippen LogP contribution in [-0.4, -0.2) is 54.1 Å². The fraction of sp³-hybridized carbons (Fsp3) is 0.500. The van der Waals surface area contributed by atoms with Crippen LogP contribution in [0.2, 0.25) is 0 Å². The number of aryl methyl sites for hydroxylation is 2. The van der Waals surface area contributed by atoms with E-state index in [9.17, 15) is 14.7 Å². The van der Waals surface area contributed by atoms with Crippen LogP contribution in [0.3, 0.4) is 0 Å². The number of carbonyl (C=O) groups is 2. The van der Waals surface area contributed by atoms with Gasteiger partial charge in [0.1, 0.15) is 12.4 Å². The summed E-state index contributed by atoms with van der Waals surface area (Å²) in [5.41, 5.74) is 2.30. The van der Waals surface area contributed by atoms with Crippen LogP contribution in [0.15, 0.2) is 6.33 Å². The second-order valence-corrected chi connectivity index (χ2v) is 5.49. The van der Waals surface area contributed by atoms with Crippen molar-refractivity contribution in [1.82, 2.24) is 24.5 Å². The van der Waals surface area contributed by atoms with Gasteiger partial charge in [0.2, 0.25) is 5.91 Å². The molecule has 1 amide bonds. The van der Waals surface area contributed by atoms with Gasteiger partial charge in [0.25, 0.3) is 5.78 Å². The van der Waals surface area contributed by atoms with Gasteiger partial charge in [0.15, 0.2) is 0 Å². The second kappa shape index (κ2) is 5.36. The number of hydrogen-bond acceptors (Lipinski definition) is 5. The smallest absolute Gasteiger partial charge is 0.326 e. The number of fused-ring (bicyclic) bond motifs is 1. The van der Waals surface area contributed by atoms with Gasteiger partial charge in [-0.3, -0.25) is 4.79 Å². The Morgan fingerprint density at radius 2 is 2.18 bits per heavy atom. The molecule has 0 aliphatic carbocycles. The summed E-state index contributed by atoms with van der Waals surface area (Å²) in [5, 5.41) is 13.3. The van der Waals surface area contributed by atoms with E-state index >= 15 is 0 Å². The van der Waals surface area contributed by atoms with E-state index in [4.69, 9.17) is 0 Å². The third kappa shape index (κ3) is 2.30. The minimum absolute atomic E-state index is 0.129. The number of aromatic nitrogens is 4. The van der Waals surface area contributed by atoms with Crippen molar-refractivity contribution in [2.45, 2.75) is 39.2 Å². The summed E-state index contributed by atoms with van der Waals surface area (Å²) in [6.07, 6.45) is 2.78. The molecule has 1 atom stereocenters. The lowest BCUT2D eigenvalue weighted by atomic mass is 10.1. The summed E-state index contributed by atoms with van der Waals surface area (Å²) in [4.78, 5) is 33.5. The summed E-state index contributed by atoms with van der Waals surface area (Å²) in [7, 11) is 0. The topological polar surface area (TPSA) is 101 Å². The van der Waals surface area contributed by atoms with E-state index in [-0.39, 0.29) is 12.3 Å². The van der Waals surface area contributed by atoms with E-state index < -0.39 is 12.0 Å². The lowest BCUT2D eigenvalue weighted by molar-refractivity contribution is -0.148. The zero-order valence-corrected chi connectivity index (χ0v) is 12.5. The number of aliphatic carboxylic acids is 1. The van der Waals surface area contributed by atoms with Gasteiger partial charge in [-0.25, -0.2) is 14.3 Å². The van der Waals surface area contributed by atoms with Crippen molar-refractivity contribution in [2.24, 2.45) is 0 Å². The van der Waals surface area contributed by atoms with Crippen molar-refractivity contribution in [3.63, 3.8) is 0 Å². The second-order valence-electron chi connectivity index (χ2n) is 5.49. The number of carboxylic acids is 1. The highest BCUT2D eigenvalue weighted by atomic mass is 16.4. The van der Waals surface area contributed by atoms with Crippen molar-refractivity contribution in [1.29, 1.82) is 0 Å². The first-order valence-electron chi connectivity index (χ1n) is 7.17. The van der Waals surface area contributed by atoms with Gasteiger partial charge in [-0.2, -0.15) is 10.1 Å². The zero-order chi connectivity index (χ0) is 15.9. The van der Waals surface area contributed by atoms with Crippen molar-refractivity contribution in [2.75, 3.05) is 6.54 Å². The molecule has 2 aromatic heterocycles. The molecule has 8 nitrogen and oxygen atoms in total. The number of carbonyl (C=O) groups excluding carboxylic acids is 1. The highest BCUT2D eigenvalue weighted by Crippen LogP contribution is 2.21. The minimum Gasteiger partial charge on any atom is -0.480 e. The molecule has 1 N–H and O–H groups in total. The summed E-state index contributed by atoms with van der Waals surface area (Å²) in [6.45, 7) is 4.17. The Labute approximate surface area is 126 Å². The van der Waals surface area contributed by atoms with Crippen LogP contribution in [0.5, 0.6) is 0 Å². The quantitative estimate of drug-likeness (QED) is 0.878. The summed E-state index contributed by atoms with van der Waals surface area (Å²) in [6, 6.07) is -0.712. The maximum absolute atomic E-state index is 12.5. The van der Waals surface area contributed by atoms with Gasteiger partial charge >= 0.3 is 5.97 Å². The van der Waals surface area contributed by atoms with Gasteiger partial charge in [-0.1, -0.05) is 0 Å². The molecule has 116 valence electrons. The van der Waals surface area contributed by atoms with E-state index in [0.29, 0.717) is 18.7 Å². The molecule has 8 heteroatoms. The maximum atomic E-state index is 12.5. The Hall–Kier alpha value is -2.51. The summed E-state index contributed by atoms with van der Waals surface area (Å²) >= 11 is 0. The summed E-state index contributed by atoms with van der Waals surface area (Å²) in [5.74, 6) is -0.628. The molecule has 3 rings (SSSR count). The normalized spacial score (nSPS) is 18.1. The first-order valence-corrected chi connectivity index (χ1v) is 7.17. The Kier molecular flexibility index (Phi) is 3.51. The zero-order valence-electron chi connectivity index (χ0n) is 12.5. The number of hydrogen-bond donors (Lipinski definition) is 1. The molecule has 0 saturated carbocycles. The number of likely N-dealkylation sites (tertiary alicyclic amines) is 1. The van der Waals surface area contributed by atoms with Crippen LogP contribution < -0.4 is 0 Å². The van der Waals surface area contributed by atoms with E-state index in [0.717, 1.165) is 23.4 Å². The molecule has 1 saturated heterocycles. The van der Waals surface area contributed by atoms with Gasteiger partial charge < -0.3 is 10.0 Å². The van der Waals surface area contributed by atoms with Crippen molar-refractivity contribution >= 4 is 17.7 Å². The minimum atomic E-state index is -0.941. The molecule has 0 bridgehead atoms. The molecule has 1 unspecified atom stereocenters. The first-order chi connectivity index (χ1) is 10.5. The molecule has 0 aromatic carbocycles. The van der Waals surface area contributed by atoms with Crippen LogP contribution in [-0.2, 0) is 16.0 Å². The molecule has 0 radical (unpaired) electrons. The van der Waals surface area contributed by atoms with Crippen LogP contribution in [0.25, 0.3) is 5.78 Å². The Balaban J connectivity index is 1.89. The molecule has 1 aliphatic rings. The number of rotatable bonds is 3. The predicted molar refractivity (Wildman–Crippen MR) is 76.3 cm³/mol. The number of nitrogens with zero attached hydrogens (tertiary/aromatic N) is 5. The molecular formula is C14H17N5O3. The van der Waals surface area contributed by atoms with Gasteiger partial charge in [0, 0.05) is 23.5 Å². The molecule has 2 aromatic rings. The number of carboxylic acid groups (broad SMARTS) is 1. The average molecular weight is 303 g/mol. The largest absolute Gasteiger partial charge is 0.480 e. The molecular weight excluding hydrogens is 286 g/mol. The van der Waals surface area contributed by atoms with Crippen LogP contribution in [0.4, 0.5) is 0 Å². The van der Waals surface area contributed by atoms with Gasteiger partial charge in [-0.05, 0) is 26.7 Å². The maximum Gasteiger partial charge on any atom is 0.326 e. The van der Waals surface area contributed by atoms with E-state index in [1.54, 1.807) is 4.52 Å². The number of amides is 1. The monoisotopic (exact) mass is 303 g/mol.